The Morgan fingerprint density at radius 1 is 1.44 bits per heavy atom. The van der Waals surface area contributed by atoms with Crippen LogP contribution >= 0.6 is 24.0 Å². The average molecular weight is 290 g/mol. The molecule has 106 valence electrons. The summed E-state index contributed by atoms with van der Waals surface area (Å²) in [7, 11) is 0. The highest BCUT2D eigenvalue weighted by Crippen LogP contribution is 2.30. The van der Waals surface area contributed by atoms with E-state index in [2.05, 4.69) is 24.1 Å². The second kappa shape index (κ2) is 8.23. The van der Waals surface area contributed by atoms with Gasteiger partial charge in [-0.3, -0.25) is 0 Å². The first-order valence-electron chi connectivity index (χ1n) is 6.79. The molecule has 18 heavy (non-hydrogen) atoms. The Morgan fingerprint density at radius 3 is 2.94 bits per heavy atom. The molecule has 0 atom stereocenters. The van der Waals surface area contributed by atoms with E-state index in [1.807, 2.05) is 18.7 Å². The number of nitrogens with zero attached hydrogens (tertiary/aromatic N) is 1. The molecule has 0 radical (unpaired) electrons. The Hall–Kier alpha value is 0. The molecular formula is C13H26N2OS2. The van der Waals surface area contributed by atoms with Crippen molar-refractivity contribution >= 4 is 29.1 Å². The number of thioether (sulfide) groups is 1. The molecule has 0 aromatic rings. The fourth-order valence-corrected chi connectivity index (χ4v) is 3.23. The zero-order valence-electron chi connectivity index (χ0n) is 11.8. The summed E-state index contributed by atoms with van der Waals surface area (Å²) >= 11 is 7.50. The highest BCUT2D eigenvalue weighted by atomic mass is 32.2. The number of hydrogen-bond donors (Lipinski definition) is 1. The lowest BCUT2D eigenvalue weighted by Gasteiger charge is -2.25. The van der Waals surface area contributed by atoms with Crippen LogP contribution in [0, 0.1) is 0 Å². The van der Waals surface area contributed by atoms with Crippen LogP contribution in [0.1, 0.15) is 33.6 Å². The summed E-state index contributed by atoms with van der Waals surface area (Å²) in [5, 5.41) is 4.24. The number of nitrogens with one attached hydrogen (secondary N) is 1. The van der Waals surface area contributed by atoms with Crippen molar-refractivity contribution in [3.8, 4) is 0 Å². The maximum absolute atomic E-state index is 5.45. The topological polar surface area (TPSA) is 24.5 Å². The summed E-state index contributed by atoms with van der Waals surface area (Å²) < 4.78 is 5.70. The van der Waals surface area contributed by atoms with Crippen LogP contribution in [-0.2, 0) is 4.74 Å². The standard InChI is InChI=1S/C13H26N2OS2/c1-4-16-10-5-7-14-12(17)15-8-6-13(2,3)18-11-9-15/h4-11H2,1-3H3,(H,14,17). The molecule has 0 aromatic carbocycles. The van der Waals surface area contributed by atoms with Crippen LogP contribution < -0.4 is 5.32 Å². The van der Waals surface area contributed by atoms with Crippen LogP contribution in [0.25, 0.3) is 0 Å². The van der Waals surface area contributed by atoms with Gasteiger partial charge in [-0.2, -0.15) is 11.8 Å². The molecule has 0 unspecified atom stereocenters. The minimum absolute atomic E-state index is 0.388. The maximum atomic E-state index is 5.45. The fraction of sp³-hybridized carbons (Fsp3) is 0.923. The number of thiocarbonyl (C=S) groups is 1. The monoisotopic (exact) mass is 290 g/mol. The van der Waals surface area contributed by atoms with Crippen molar-refractivity contribution in [2.45, 2.75) is 38.4 Å². The average Bonchev–Trinajstić information content (AvgIpc) is 2.50. The van der Waals surface area contributed by atoms with Crippen molar-refractivity contribution in [2.75, 3.05) is 38.6 Å². The van der Waals surface area contributed by atoms with Crippen molar-refractivity contribution in [3.63, 3.8) is 0 Å². The van der Waals surface area contributed by atoms with Gasteiger partial charge in [-0.05, 0) is 32.0 Å². The minimum atomic E-state index is 0.388. The molecule has 5 heteroatoms. The van der Waals surface area contributed by atoms with Crippen LogP contribution in [0.5, 0.6) is 0 Å². The van der Waals surface area contributed by atoms with Crippen LogP contribution in [0.2, 0.25) is 0 Å². The van der Waals surface area contributed by atoms with E-state index in [0.717, 1.165) is 50.1 Å². The summed E-state index contributed by atoms with van der Waals surface area (Å²) in [6.07, 6.45) is 2.21. The Balaban J connectivity index is 2.21. The zero-order valence-corrected chi connectivity index (χ0v) is 13.5. The van der Waals surface area contributed by atoms with Gasteiger partial charge in [0.2, 0.25) is 0 Å². The van der Waals surface area contributed by atoms with E-state index < -0.39 is 0 Å². The smallest absolute Gasteiger partial charge is 0.168 e. The summed E-state index contributed by atoms with van der Waals surface area (Å²) in [4.78, 5) is 2.30. The molecule has 1 rings (SSSR count). The van der Waals surface area contributed by atoms with Gasteiger partial charge in [0, 0.05) is 43.3 Å². The summed E-state index contributed by atoms with van der Waals surface area (Å²) in [5.41, 5.74) is 0. The molecule has 0 saturated carbocycles. The highest BCUT2D eigenvalue weighted by molar-refractivity contribution is 8.00. The SMILES string of the molecule is CCOCCCNC(=S)N1CCSC(C)(C)CC1. The predicted octanol–water partition coefficient (Wildman–Crippen LogP) is 2.51. The van der Waals surface area contributed by atoms with E-state index in [1.54, 1.807) is 0 Å². The minimum Gasteiger partial charge on any atom is -0.382 e. The zero-order chi connectivity index (χ0) is 13.4. The molecule has 0 spiro atoms. The van der Waals surface area contributed by atoms with Gasteiger partial charge in [-0.15, -0.1) is 0 Å². The quantitative estimate of drug-likeness (QED) is 0.619. The molecule has 0 bridgehead atoms. The largest absolute Gasteiger partial charge is 0.382 e. The Bertz CT molecular complexity index is 259. The van der Waals surface area contributed by atoms with E-state index in [4.69, 9.17) is 17.0 Å². The third-order valence-electron chi connectivity index (χ3n) is 3.07. The van der Waals surface area contributed by atoms with Crippen LogP contribution in [0.3, 0.4) is 0 Å². The molecule has 0 aliphatic carbocycles. The number of hydrogen-bond acceptors (Lipinski definition) is 3. The van der Waals surface area contributed by atoms with Crippen LogP contribution in [-0.4, -0.2) is 53.4 Å². The lowest BCUT2D eigenvalue weighted by atomic mass is 10.1. The number of ether oxygens (including phenoxy) is 1. The Morgan fingerprint density at radius 2 is 2.22 bits per heavy atom. The molecular weight excluding hydrogens is 264 g/mol. The van der Waals surface area contributed by atoms with Gasteiger partial charge in [-0.1, -0.05) is 13.8 Å². The molecule has 0 amide bonds. The first-order chi connectivity index (χ1) is 8.55. The van der Waals surface area contributed by atoms with Gasteiger partial charge < -0.3 is 15.0 Å². The van der Waals surface area contributed by atoms with Crippen LogP contribution in [0.4, 0.5) is 0 Å². The van der Waals surface area contributed by atoms with Crippen molar-refractivity contribution in [1.82, 2.24) is 10.2 Å². The van der Waals surface area contributed by atoms with Crippen molar-refractivity contribution < 1.29 is 4.74 Å². The Labute approximate surface area is 121 Å². The van der Waals surface area contributed by atoms with Crippen LogP contribution in [0.15, 0.2) is 0 Å². The van der Waals surface area contributed by atoms with Gasteiger partial charge in [0.05, 0.1) is 0 Å². The molecule has 1 saturated heterocycles. The second-order valence-electron chi connectivity index (χ2n) is 5.13. The predicted molar refractivity (Wildman–Crippen MR) is 84.4 cm³/mol. The molecule has 3 nitrogen and oxygen atoms in total. The van der Waals surface area contributed by atoms with Gasteiger partial charge in [-0.25, -0.2) is 0 Å². The third-order valence-corrected chi connectivity index (χ3v) is 4.85. The Kier molecular flexibility index (Phi) is 7.34. The molecule has 1 N–H and O–H groups in total. The lowest BCUT2D eigenvalue weighted by Crippen LogP contribution is -2.41. The van der Waals surface area contributed by atoms with E-state index in [0.29, 0.717) is 4.75 Å². The van der Waals surface area contributed by atoms with Gasteiger partial charge in [0.15, 0.2) is 5.11 Å². The normalized spacial score (nSPS) is 19.4. The molecule has 1 fully saturated rings. The first-order valence-corrected chi connectivity index (χ1v) is 8.19. The van der Waals surface area contributed by atoms with Gasteiger partial charge in [0.25, 0.3) is 0 Å². The van der Waals surface area contributed by atoms with Crippen molar-refractivity contribution in [1.29, 1.82) is 0 Å². The summed E-state index contributed by atoms with van der Waals surface area (Å²) in [5.74, 6) is 1.16. The highest BCUT2D eigenvalue weighted by Gasteiger charge is 2.24. The lowest BCUT2D eigenvalue weighted by molar-refractivity contribution is 0.145. The van der Waals surface area contributed by atoms with E-state index in [-0.39, 0.29) is 0 Å². The molecule has 1 aliphatic rings. The van der Waals surface area contributed by atoms with E-state index in [1.165, 1.54) is 6.42 Å². The fourth-order valence-electron chi connectivity index (χ4n) is 1.85. The molecule has 1 heterocycles. The van der Waals surface area contributed by atoms with Crippen molar-refractivity contribution in [2.24, 2.45) is 0 Å². The van der Waals surface area contributed by atoms with Gasteiger partial charge >= 0.3 is 0 Å². The number of rotatable bonds is 5. The summed E-state index contributed by atoms with van der Waals surface area (Å²) in [6, 6.07) is 0. The third kappa shape index (κ3) is 6.25. The molecule has 0 aromatic heterocycles. The van der Waals surface area contributed by atoms with Gasteiger partial charge in [0.1, 0.15) is 0 Å². The second-order valence-corrected chi connectivity index (χ2v) is 7.32. The van der Waals surface area contributed by atoms with E-state index >= 15 is 0 Å². The summed E-state index contributed by atoms with van der Waals surface area (Å²) in [6.45, 7) is 11.3. The maximum Gasteiger partial charge on any atom is 0.168 e. The van der Waals surface area contributed by atoms with Crippen molar-refractivity contribution in [3.05, 3.63) is 0 Å². The first kappa shape index (κ1) is 16.1. The molecule has 1 aliphatic heterocycles. The van der Waals surface area contributed by atoms with E-state index in [9.17, 15) is 0 Å².